The Bertz CT molecular complexity index is 42.8. The van der Waals surface area contributed by atoms with Crippen LogP contribution in [0.2, 0.25) is 0 Å². The average molecular weight is 89.1 g/mol. The van der Waals surface area contributed by atoms with Crippen LogP contribution in [0.4, 0.5) is 4.39 Å². The molecule has 0 saturated carbocycles. The second-order valence-corrected chi connectivity index (χ2v) is 0.695. The van der Waals surface area contributed by atoms with Crippen LogP contribution in [0.25, 0.3) is 0 Å². The number of hydrogen-bond donors (Lipinski definition) is 0. The number of halogens is 1. The quantitative estimate of drug-likeness (QED) is 0.467. The highest BCUT2D eigenvalue weighted by Gasteiger charge is 1.66. The van der Waals surface area contributed by atoms with Gasteiger partial charge in [-0.2, -0.15) is 4.39 Å². The first kappa shape index (κ1) is 5.47. The van der Waals surface area contributed by atoms with Gasteiger partial charge in [-0.3, -0.25) is 0 Å². The normalized spacial score (nSPS) is 9.67. The maximum absolute atomic E-state index is 10.8. The lowest BCUT2D eigenvalue weighted by Crippen LogP contribution is -1.62. The average Bonchev–Trinajstić information content (AvgIpc) is 1.61. The van der Waals surface area contributed by atoms with Crippen molar-refractivity contribution in [3.8, 4) is 0 Å². The van der Waals surface area contributed by atoms with Crippen molar-refractivity contribution in [3.63, 3.8) is 0 Å². The summed E-state index contributed by atoms with van der Waals surface area (Å²) in [5.74, 6) is 0. The molecule has 0 amide bonds. The van der Waals surface area contributed by atoms with Crippen LogP contribution >= 0.6 is 0 Å². The molecule has 0 heterocycles. The molecule has 0 aliphatic rings. The van der Waals surface area contributed by atoms with Crippen molar-refractivity contribution in [3.05, 3.63) is 19.2 Å². The van der Waals surface area contributed by atoms with Gasteiger partial charge in [0.15, 0.2) is 0 Å². The number of ether oxygens (including phenoxy) is 1. The Balaban J connectivity index is 2.66. The van der Waals surface area contributed by atoms with Crippen LogP contribution in [0.1, 0.15) is 6.92 Å². The molecule has 1 nitrogen and oxygen atoms in total. The Labute approximate surface area is 36.4 Å². The maximum atomic E-state index is 10.8. The van der Waals surface area contributed by atoms with E-state index >= 15 is 0 Å². The molecule has 1 radical (unpaired) electrons. The summed E-state index contributed by atoms with van der Waals surface area (Å²) in [5, 5.41) is 0. The summed E-state index contributed by atoms with van der Waals surface area (Å²) in [6.45, 7) is 1.86. The fraction of sp³-hybridized carbons (Fsp3) is 0.250. The van der Waals surface area contributed by atoms with Crippen LogP contribution in [0, 0.1) is 6.86 Å². The van der Waals surface area contributed by atoms with E-state index in [-0.39, 0.29) is 6.86 Å². The molecule has 0 aromatic rings. The van der Waals surface area contributed by atoms with Crippen molar-refractivity contribution < 1.29 is 9.13 Å². The molecule has 0 rings (SSSR count). The number of rotatable bonds is 2. The van der Waals surface area contributed by atoms with E-state index in [1.54, 1.807) is 13.0 Å². The third kappa shape index (κ3) is 3.47. The second kappa shape index (κ2) is 4.47. The van der Waals surface area contributed by atoms with Gasteiger partial charge < -0.3 is 4.74 Å². The van der Waals surface area contributed by atoms with Gasteiger partial charge in [-0.25, -0.2) is 0 Å². The van der Waals surface area contributed by atoms with Crippen LogP contribution in [-0.4, -0.2) is 0 Å². The van der Waals surface area contributed by atoms with E-state index in [9.17, 15) is 4.39 Å². The topological polar surface area (TPSA) is 9.23 Å². The van der Waals surface area contributed by atoms with E-state index in [1.807, 2.05) is 0 Å². The van der Waals surface area contributed by atoms with Gasteiger partial charge in [0.1, 0.15) is 0 Å². The minimum absolute atomic E-state index is 0.125. The minimum atomic E-state index is 0.125. The Morgan fingerprint density at radius 3 is 2.50 bits per heavy atom. The lowest BCUT2D eigenvalue weighted by atomic mass is 10.7. The smallest absolute Gasteiger partial charge is 0.304 e. The van der Waals surface area contributed by atoms with Gasteiger partial charge in [-0.05, 0) is 6.92 Å². The standard InChI is InChI=1S/C4H6FO/c1-2-3-6-4-5/h2-4H,1H3/b3-2-. The predicted molar refractivity (Wildman–Crippen MR) is 21.3 cm³/mol. The Morgan fingerprint density at radius 2 is 2.33 bits per heavy atom. The van der Waals surface area contributed by atoms with Crippen molar-refractivity contribution >= 4 is 0 Å². The molecule has 0 fully saturated rings. The lowest BCUT2D eigenvalue weighted by molar-refractivity contribution is 0.230. The van der Waals surface area contributed by atoms with Crippen LogP contribution in [0.3, 0.4) is 0 Å². The monoisotopic (exact) mass is 89.0 g/mol. The summed E-state index contributed by atoms with van der Waals surface area (Å²) in [6, 6.07) is 0. The second-order valence-electron chi connectivity index (χ2n) is 0.695. The Kier molecular flexibility index (Phi) is 4.08. The number of allylic oxidation sites excluding steroid dienone is 1. The summed E-state index contributed by atoms with van der Waals surface area (Å²) in [7, 11) is 0. The molecule has 0 aliphatic carbocycles. The molecule has 0 N–H and O–H groups in total. The van der Waals surface area contributed by atoms with E-state index in [0.717, 1.165) is 0 Å². The molecule has 0 aliphatic heterocycles. The van der Waals surface area contributed by atoms with Gasteiger partial charge in [0, 0.05) is 0 Å². The molecule has 0 spiro atoms. The van der Waals surface area contributed by atoms with Gasteiger partial charge in [-0.1, -0.05) is 6.08 Å². The molecule has 0 aromatic carbocycles. The van der Waals surface area contributed by atoms with Gasteiger partial charge in [0.25, 0.3) is 0 Å². The summed E-state index contributed by atoms with van der Waals surface area (Å²) < 4.78 is 14.8. The van der Waals surface area contributed by atoms with E-state index in [1.165, 1.54) is 6.26 Å². The van der Waals surface area contributed by atoms with Gasteiger partial charge in [0.05, 0.1) is 6.26 Å². The first-order valence-corrected chi connectivity index (χ1v) is 1.60. The van der Waals surface area contributed by atoms with Crippen molar-refractivity contribution in [2.24, 2.45) is 0 Å². The summed E-state index contributed by atoms with van der Waals surface area (Å²) in [5.41, 5.74) is 0. The maximum Gasteiger partial charge on any atom is 0.304 e. The lowest BCUT2D eigenvalue weighted by Gasteiger charge is -1.81. The fourth-order valence-corrected chi connectivity index (χ4v) is 0.108. The molecule has 0 bridgehead atoms. The van der Waals surface area contributed by atoms with Crippen molar-refractivity contribution in [1.82, 2.24) is 0 Å². The molecule has 6 heavy (non-hydrogen) atoms. The van der Waals surface area contributed by atoms with Crippen molar-refractivity contribution in [2.45, 2.75) is 6.92 Å². The molecular weight excluding hydrogens is 83.0 g/mol. The molecule has 0 saturated heterocycles. The fourth-order valence-electron chi connectivity index (χ4n) is 0.108. The zero-order valence-electron chi connectivity index (χ0n) is 3.52. The molecule has 0 atom stereocenters. The summed E-state index contributed by atoms with van der Waals surface area (Å²) >= 11 is 0. The zero-order valence-corrected chi connectivity index (χ0v) is 3.52. The Hall–Kier alpha value is -0.530. The van der Waals surface area contributed by atoms with Gasteiger partial charge >= 0.3 is 6.86 Å². The first-order chi connectivity index (χ1) is 2.91. The van der Waals surface area contributed by atoms with E-state index in [2.05, 4.69) is 4.74 Å². The molecule has 0 aromatic heterocycles. The largest absolute Gasteiger partial charge is 0.462 e. The minimum Gasteiger partial charge on any atom is -0.462 e. The molecule has 2 heteroatoms. The van der Waals surface area contributed by atoms with Gasteiger partial charge in [-0.15, -0.1) is 0 Å². The SMILES string of the molecule is C/C=C\O[CH]F. The summed E-state index contributed by atoms with van der Waals surface area (Å²) in [4.78, 5) is 0. The van der Waals surface area contributed by atoms with Crippen LogP contribution in [0.5, 0.6) is 0 Å². The van der Waals surface area contributed by atoms with E-state index in [4.69, 9.17) is 0 Å². The van der Waals surface area contributed by atoms with Gasteiger partial charge in [0.2, 0.25) is 0 Å². The van der Waals surface area contributed by atoms with E-state index < -0.39 is 0 Å². The molecular formula is C4H6FO. The molecule has 0 unspecified atom stereocenters. The third-order valence-corrected chi connectivity index (χ3v) is 0.266. The predicted octanol–water partition coefficient (Wildman–Crippen LogP) is 1.63. The molecule has 35 valence electrons. The number of hydrogen-bond acceptors (Lipinski definition) is 1. The highest BCUT2D eigenvalue weighted by molar-refractivity contribution is 4.64. The first-order valence-electron chi connectivity index (χ1n) is 1.60. The van der Waals surface area contributed by atoms with Crippen LogP contribution in [0.15, 0.2) is 12.3 Å². The van der Waals surface area contributed by atoms with Crippen molar-refractivity contribution in [1.29, 1.82) is 0 Å². The highest BCUT2D eigenvalue weighted by atomic mass is 19.1. The Morgan fingerprint density at radius 1 is 1.67 bits per heavy atom. The van der Waals surface area contributed by atoms with Crippen molar-refractivity contribution in [2.75, 3.05) is 0 Å². The zero-order chi connectivity index (χ0) is 4.83. The summed E-state index contributed by atoms with van der Waals surface area (Å²) in [6.07, 6.45) is 2.84. The van der Waals surface area contributed by atoms with Crippen LogP contribution < -0.4 is 0 Å². The third-order valence-electron chi connectivity index (χ3n) is 0.266. The van der Waals surface area contributed by atoms with Crippen LogP contribution in [-0.2, 0) is 4.74 Å². The highest BCUT2D eigenvalue weighted by Crippen LogP contribution is 1.80. The van der Waals surface area contributed by atoms with E-state index in [0.29, 0.717) is 0 Å².